The zero-order valence-corrected chi connectivity index (χ0v) is 16.5. The fourth-order valence-electron chi connectivity index (χ4n) is 4.02. The number of ketones is 1. The largest absolute Gasteiger partial charge is 0.507 e. The zero-order chi connectivity index (χ0) is 23.3. The van der Waals surface area contributed by atoms with E-state index in [0.29, 0.717) is 5.56 Å². The number of ether oxygens (including phenoxy) is 2. The van der Waals surface area contributed by atoms with Gasteiger partial charge in [-0.2, -0.15) is 0 Å². The molecule has 6 atom stereocenters. The van der Waals surface area contributed by atoms with Gasteiger partial charge in [0.2, 0.25) is 0 Å². The molecule has 1 fully saturated rings. The van der Waals surface area contributed by atoms with Crippen LogP contribution in [0.2, 0.25) is 0 Å². The Hall–Kier alpha value is -3.09. The standard InChI is InChI=1S/C21H22O11/c22-6-14-17(27)19(29)20(30)21(32-14)16-11(26)5-13-15(18(16)28)10(25)4-12(31-13)7-1-2-8(23)9(24)3-7/h1-3,5,12,14,17,19-24,26-30H,4,6H2/t12-,14+,17+,19+,20+,21-/m0/s1. The van der Waals surface area contributed by atoms with Crippen molar-refractivity contribution in [1.82, 2.24) is 0 Å². The van der Waals surface area contributed by atoms with E-state index in [9.17, 15) is 45.6 Å². The van der Waals surface area contributed by atoms with Crippen LogP contribution in [0.4, 0.5) is 0 Å². The SMILES string of the molecule is O=C1C[C@@H](c2ccc(O)c(O)c2)Oc2cc(O)c([C@@H]3O[C@H](CO)[C@@H](O)[C@@H](O)[C@H]3O)c(O)c21. The minimum absolute atomic E-state index is 0.165. The molecule has 2 aliphatic rings. The minimum Gasteiger partial charge on any atom is -0.507 e. The van der Waals surface area contributed by atoms with Gasteiger partial charge < -0.3 is 50.3 Å². The van der Waals surface area contributed by atoms with Gasteiger partial charge in [0.15, 0.2) is 17.3 Å². The smallest absolute Gasteiger partial charge is 0.174 e. The van der Waals surface area contributed by atoms with Crippen LogP contribution in [0.1, 0.15) is 40.1 Å². The van der Waals surface area contributed by atoms with Crippen LogP contribution < -0.4 is 4.74 Å². The summed E-state index contributed by atoms with van der Waals surface area (Å²) < 4.78 is 11.1. The Bertz CT molecular complexity index is 1050. The normalized spacial score (nSPS) is 29.9. The van der Waals surface area contributed by atoms with Crippen LogP contribution in [0.15, 0.2) is 24.3 Å². The van der Waals surface area contributed by atoms with Gasteiger partial charge in [-0.3, -0.25) is 4.79 Å². The molecule has 8 N–H and O–H groups in total. The van der Waals surface area contributed by atoms with Crippen LogP contribution in [-0.4, -0.2) is 77.7 Å². The van der Waals surface area contributed by atoms with Gasteiger partial charge in [-0.1, -0.05) is 6.07 Å². The Morgan fingerprint density at radius 2 is 1.62 bits per heavy atom. The van der Waals surface area contributed by atoms with Crippen molar-refractivity contribution in [2.75, 3.05) is 6.61 Å². The van der Waals surface area contributed by atoms with Crippen molar-refractivity contribution in [3.05, 3.63) is 41.0 Å². The van der Waals surface area contributed by atoms with Gasteiger partial charge >= 0.3 is 0 Å². The summed E-state index contributed by atoms with van der Waals surface area (Å²) in [5, 5.41) is 80.1. The second kappa shape index (κ2) is 8.11. The highest BCUT2D eigenvalue weighted by Crippen LogP contribution is 2.49. The molecule has 0 radical (unpaired) electrons. The first-order valence-electron chi connectivity index (χ1n) is 9.75. The van der Waals surface area contributed by atoms with Crippen molar-refractivity contribution in [3.8, 4) is 28.7 Å². The van der Waals surface area contributed by atoms with Crippen LogP contribution >= 0.6 is 0 Å². The van der Waals surface area contributed by atoms with Crippen molar-refractivity contribution in [2.45, 2.75) is 43.0 Å². The van der Waals surface area contributed by atoms with Gasteiger partial charge in [0, 0.05) is 6.07 Å². The minimum atomic E-state index is -1.78. The fraction of sp³-hybridized carbons (Fsp3) is 0.381. The third-order valence-electron chi connectivity index (χ3n) is 5.75. The molecular weight excluding hydrogens is 428 g/mol. The Morgan fingerprint density at radius 3 is 2.28 bits per heavy atom. The molecule has 2 aliphatic heterocycles. The molecule has 4 rings (SSSR count). The fourth-order valence-corrected chi connectivity index (χ4v) is 4.02. The van der Waals surface area contributed by atoms with Crippen LogP contribution in [0, 0.1) is 0 Å². The highest BCUT2D eigenvalue weighted by molar-refractivity contribution is 6.03. The van der Waals surface area contributed by atoms with Crippen LogP contribution in [0.25, 0.3) is 0 Å². The number of carbonyl (C=O) groups is 1. The second-order valence-electron chi connectivity index (χ2n) is 7.76. The monoisotopic (exact) mass is 450 g/mol. The van der Waals surface area contributed by atoms with Crippen molar-refractivity contribution < 1.29 is 55.1 Å². The van der Waals surface area contributed by atoms with Gasteiger partial charge in [-0.25, -0.2) is 0 Å². The molecule has 2 aromatic carbocycles. The molecule has 1 saturated heterocycles. The van der Waals surface area contributed by atoms with Gasteiger partial charge in [0.05, 0.1) is 18.6 Å². The summed E-state index contributed by atoms with van der Waals surface area (Å²) in [4.78, 5) is 12.8. The van der Waals surface area contributed by atoms with Crippen molar-refractivity contribution in [2.24, 2.45) is 0 Å². The first-order chi connectivity index (χ1) is 15.1. The lowest BCUT2D eigenvalue weighted by molar-refractivity contribution is -0.232. The van der Waals surface area contributed by atoms with Crippen LogP contribution in [0.5, 0.6) is 28.7 Å². The summed E-state index contributed by atoms with van der Waals surface area (Å²) in [6.07, 6.45) is -9.14. The highest BCUT2D eigenvalue weighted by Gasteiger charge is 2.47. The number of fused-ring (bicyclic) bond motifs is 1. The average molecular weight is 450 g/mol. The number of hydrogen-bond acceptors (Lipinski definition) is 11. The number of phenols is 4. The molecule has 32 heavy (non-hydrogen) atoms. The van der Waals surface area contributed by atoms with Gasteiger partial charge in [-0.05, 0) is 17.7 Å². The van der Waals surface area contributed by atoms with E-state index in [2.05, 4.69) is 0 Å². The summed E-state index contributed by atoms with van der Waals surface area (Å²) >= 11 is 0. The molecule has 0 unspecified atom stereocenters. The molecular formula is C21H22O11. The number of aliphatic hydroxyl groups is 4. The maximum atomic E-state index is 12.8. The Kier molecular flexibility index (Phi) is 5.61. The third-order valence-corrected chi connectivity index (χ3v) is 5.75. The molecule has 172 valence electrons. The lowest BCUT2D eigenvalue weighted by atomic mass is 9.87. The molecule has 2 aromatic rings. The summed E-state index contributed by atoms with van der Waals surface area (Å²) in [7, 11) is 0. The summed E-state index contributed by atoms with van der Waals surface area (Å²) in [5.74, 6) is -2.85. The lowest BCUT2D eigenvalue weighted by Crippen LogP contribution is -2.55. The molecule has 11 nitrogen and oxygen atoms in total. The number of hydrogen-bond donors (Lipinski definition) is 8. The van der Waals surface area contributed by atoms with Gasteiger partial charge in [0.25, 0.3) is 0 Å². The van der Waals surface area contributed by atoms with E-state index in [-0.39, 0.29) is 23.5 Å². The van der Waals surface area contributed by atoms with Gasteiger partial charge in [-0.15, -0.1) is 0 Å². The molecule has 0 spiro atoms. The maximum absolute atomic E-state index is 12.8. The maximum Gasteiger partial charge on any atom is 0.174 e. The van der Waals surface area contributed by atoms with Crippen molar-refractivity contribution in [3.63, 3.8) is 0 Å². The number of benzene rings is 2. The molecule has 11 heteroatoms. The molecule has 0 bridgehead atoms. The van der Waals surface area contributed by atoms with E-state index in [1.54, 1.807) is 0 Å². The van der Waals surface area contributed by atoms with Crippen molar-refractivity contribution >= 4 is 5.78 Å². The van der Waals surface area contributed by atoms with Crippen molar-refractivity contribution in [1.29, 1.82) is 0 Å². The summed E-state index contributed by atoms with van der Waals surface area (Å²) in [5.41, 5.74) is -0.316. The predicted octanol–water partition coefficient (Wildman–Crippen LogP) is -0.270. The highest BCUT2D eigenvalue weighted by atomic mass is 16.5. The van der Waals surface area contributed by atoms with E-state index >= 15 is 0 Å². The molecule has 2 heterocycles. The van der Waals surface area contributed by atoms with Gasteiger partial charge in [0.1, 0.15) is 59.4 Å². The number of rotatable bonds is 3. The average Bonchev–Trinajstić information content (AvgIpc) is 2.74. The Morgan fingerprint density at radius 1 is 0.906 bits per heavy atom. The first-order valence-corrected chi connectivity index (χ1v) is 9.75. The Balaban J connectivity index is 1.72. The second-order valence-corrected chi connectivity index (χ2v) is 7.76. The topological polar surface area (TPSA) is 197 Å². The Labute approximate surface area is 181 Å². The van der Waals surface area contributed by atoms with E-state index in [1.807, 2.05) is 0 Å². The number of Topliss-reactive ketones (excluding diaryl/α,β-unsaturated/α-hetero) is 1. The molecule has 0 amide bonds. The predicted molar refractivity (Wildman–Crippen MR) is 105 cm³/mol. The number of phenolic OH excluding ortho intramolecular Hbond substituents is 4. The van der Waals surface area contributed by atoms with Crippen LogP contribution in [0.3, 0.4) is 0 Å². The van der Waals surface area contributed by atoms with E-state index in [4.69, 9.17) is 9.47 Å². The molecule has 0 aliphatic carbocycles. The lowest BCUT2D eigenvalue weighted by Gasteiger charge is -2.40. The number of aromatic hydroxyl groups is 4. The first kappa shape index (κ1) is 22.1. The number of aliphatic hydroxyl groups excluding tert-OH is 4. The zero-order valence-electron chi connectivity index (χ0n) is 16.5. The van der Waals surface area contributed by atoms with E-state index in [0.717, 1.165) is 6.07 Å². The number of carbonyl (C=O) groups excluding carboxylic acids is 1. The van der Waals surface area contributed by atoms with E-state index in [1.165, 1.54) is 18.2 Å². The molecule has 0 aromatic heterocycles. The third kappa shape index (κ3) is 3.49. The quantitative estimate of drug-likeness (QED) is 0.287. The summed E-state index contributed by atoms with van der Waals surface area (Å²) in [6.45, 7) is -0.711. The van der Waals surface area contributed by atoms with Crippen LogP contribution in [-0.2, 0) is 4.74 Å². The molecule has 0 saturated carbocycles. The summed E-state index contributed by atoms with van der Waals surface area (Å²) in [6, 6.07) is 4.93. The van der Waals surface area contributed by atoms with E-state index < -0.39 is 71.8 Å².